The van der Waals surface area contributed by atoms with Gasteiger partial charge in [0.05, 0.1) is 17.4 Å². The number of hydrogen-bond acceptors (Lipinski definition) is 4. The third-order valence-corrected chi connectivity index (χ3v) is 5.87. The monoisotopic (exact) mass is 310 g/mol. The topological polar surface area (TPSA) is 89.3 Å². The number of benzene rings is 1. The minimum absolute atomic E-state index is 0.0269. The summed E-state index contributed by atoms with van der Waals surface area (Å²) < 4.78 is 22.8. The molecule has 0 bridgehead atoms. The standard InChI is InChI=1S/C15H22N2O3S/c1-11(14(16)13-5-3-2-4-6-13)15(18)17-9-12-7-8-21(19,20)10-12/h2-6,11-12,14H,7-10,16H2,1H3,(H,17,18). The highest BCUT2D eigenvalue weighted by Gasteiger charge is 2.29. The van der Waals surface area contributed by atoms with E-state index in [-0.39, 0.29) is 35.3 Å². The Balaban J connectivity index is 1.86. The Morgan fingerprint density at radius 3 is 2.62 bits per heavy atom. The summed E-state index contributed by atoms with van der Waals surface area (Å²) in [5.41, 5.74) is 7.03. The molecule has 0 aromatic heterocycles. The van der Waals surface area contributed by atoms with Gasteiger partial charge in [0.1, 0.15) is 0 Å². The van der Waals surface area contributed by atoms with Crippen LogP contribution in [0.25, 0.3) is 0 Å². The maximum atomic E-state index is 12.1. The number of carbonyl (C=O) groups excluding carboxylic acids is 1. The van der Waals surface area contributed by atoms with Crippen molar-refractivity contribution >= 4 is 15.7 Å². The van der Waals surface area contributed by atoms with E-state index in [1.54, 1.807) is 6.92 Å². The van der Waals surface area contributed by atoms with Crippen LogP contribution in [0, 0.1) is 11.8 Å². The lowest BCUT2D eigenvalue weighted by molar-refractivity contribution is -0.125. The van der Waals surface area contributed by atoms with E-state index >= 15 is 0 Å². The van der Waals surface area contributed by atoms with Crippen LogP contribution in [0.15, 0.2) is 30.3 Å². The van der Waals surface area contributed by atoms with Crippen LogP contribution in [0.3, 0.4) is 0 Å². The molecular weight excluding hydrogens is 288 g/mol. The molecule has 0 spiro atoms. The molecule has 1 aromatic carbocycles. The summed E-state index contributed by atoms with van der Waals surface area (Å²) in [6, 6.07) is 9.13. The van der Waals surface area contributed by atoms with Crippen LogP contribution < -0.4 is 11.1 Å². The minimum Gasteiger partial charge on any atom is -0.355 e. The van der Waals surface area contributed by atoms with Crippen LogP contribution in [0.1, 0.15) is 24.9 Å². The van der Waals surface area contributed by atoms with E-state index in [1.165, 1.54) is 0 Å². The zero-order valence-corrected chi connectivity index (χ0v) is 13.0. The van der Waals surface area contributed by atoms with Gasteiger partial charge >= 0.3 is 0 Å². The number of sulfone groups is 1. The first-order valence-electron chi connectivity index (χ1n) is 7.18. The van der Waals surface area contributed by atoms with Gasteiger partial charge < -0.3 is 11.1 Å². The van der Waals surface area contributed by atoms with Gasteiger partial charge in [-0.25, -0.2) is 8.42 Å². The Kier molecular flexibility index (Phi) is 5.00. The molecule has 1 aliphatic heterocycles. The molecule has 1 aromatic rings. The van der Waals surface area contributed by atoms with Gasteiger partial charge in [-0.2, -0.15) is 0 Å². The lowest BCUT2D eigenvalue weighted by atomic mass is 9.94. The van der Waals surface area contributed by atoms with Crippen molar-refractivity contribution in [3.63, 3.8) is 0 Å². The molecule has 1 amide bonds. The Hall–Kier alpha value is -1.40. The fourth-order valence-electron chi connectivity index (χ4n) is 2.57. The first-order valence-corrected chi connectivity index (χ1v) is 9.00. The van der Waals surface area contributed by atoms with E-state index in [9.17, 15) is 13.2 Å². The summed E-state index contributed by atoms with van der Waals surface area (Å²) in [7, 11) is -2.90. The molecule has 3 unspecified atom stereocenters. The average Bonchev–Trinajstić information content (AvgIpc) is 2.83. The number of nitrogens with two attached hydrogens (primary N) is 1. The van der Waals surface area contributed by atoms with Crippen LogP contribution in [0.2, 0.25) is 0 Å². The maximum absolute atomic E-state index is 12.1. The molecule has 1 saturated heterocycles. The van der Waals surface area contributed by atoms with Gasteiger partial charge in [-0.3, -0.25) is 4.79 Å². The van der Waals surface area contributed by atoms with Crippen molar-refractivity contribution in [2.24, 2.45) is 17.6 Å². The molecule has 21 heavy (non-hydrogen) atoms. The molecular formula is C15H22N2O3S. The Bertz CT molecular complexity index is 586. The summed E-state index contributed by atoms with van der Waals surface area (Å²) in [6.45, 7) is 2.20. The zero-order valence-electron chi connectivity index (χ0n) is 12.2. The summed E-state index contributed by atoms with van der Waals surface area (Å²) >= 11 is 0. The van der Waals surface area contributed by atoms with Gasteiger partial charge in [-0.1, -0.05) is 37.3 Å². The Labute approximate surface area is 125 Å². The SMILES string of the molecule is CC(C(=O)NCC1CCS(=O)(=O)C1)C(N)c1ccccc1. The second-order valence-electron chi connectivity index (χ2n) is 5.74. The molecule has 0 radical (unpaired) electrons. The van der Waals surface area contributed by atoms with Crippen LogP contribution >= 0.6 is 0 Å². The van der Waals surface area contributed by atoms with Crippen molar-refractivity contribution in [2.45, 2.75) is 19.4 Å². The van der Waals surface area contributed by atoms with Gasteiger partial charge in [0, 0.05) is 12.6 Å². The Morgan fingerprint density at radius 1 is 1.38 bits per heavy atom. The summed E-state index contributed by atoms with van der Waals surface area (Å²) in [6.07, 6.45) is 0.627. The predicted molar refractivity (Wildman–Crippen MR) is 82.3 cm³/mol. The van der Waals surface area contributed by atoms with Gasteiger partial charge in [-0.15, -0.1) is 0 Å². The average molecular weight is 310 g/mol. The van der Waals surface area contributed by atoms with E-state index in [4.69, 9.17) is 5.73 Å². The van der Waals surface area contributed by atoms with Crippen molar-refractivity contribution in [1.82, 2.24) is 5.32 Å². The second kappa shape index (κ2) is 6.58. The predicted octanol–water partition coefficient (Wildman–Crippen LogP) is 0.873. The van der Waals surface area contributed by atoms with Crippen LogP contribution in [-0.2, 0) is 14.6 Å². The van der Waals surface area contributed by atoms with Crippen molar-refractivity contribution in [3.8, 4) is 0 Å². The largest absolute Gasteiger partial charge is 0.355 e. The molecule has 3 N–H and O–H groups in total. The number of hydrogen-bond donors (Lipinski definition) is 2. The molecule has 116 valence electrons. The number of rotatable bonds is 5. The Morgan fingerprint density at radius 2 is 2.05 bits per heavy atom. The molecule has 5 nitrogen and oxygen atoms in total. The van der Waals surface area contributed by atoms with E-state index in [0.29, 0.717) is 13.0 Å². The fraction of sp³-hybridized carbons (Fsp3) is 0.533. The molecule has 1 fully saturated rings. The summed E-state index contributed by atoms with van der Waals surface area (Å²) in [5, 5.41) is 2.83. The number of carbonyl (C=O) groups is 1. The molecule has 0 aliphatic carbocycles. The maximum Gasteiger partial charge on any atom is 0.224 e. The number of amides is 1. The zero-order chi connectivity index (χ0) is 15.5. The van der Waals surface area contributed by atoms with Gasteiger partial charge in [0.2, 0.25) is 5.91 Å². The first kappa shape index (κ1) is 16.0. The molecule has 6 heteroatoms. The van der Waals surface area contributed by atoms with Crippen molar-refractivity contribution in [1.29, 1.82) is 0 Å². The third kappa shape index (κ3) is 4.28. The van der Waals surface area contributed by atoms with Crippen LogP contribution in [0.4, 0.5) is 0 Å². The third-order valence-electron chi connectivity index (χ3n) is 4.03. The van der Waals surface area contributed by atoms with Gasteiger partial charge in [0.25, 0.3) is 0 Å². The first-order chi connectivity index (χ1) is 9.89. The highest BCUT2D eigenvalue weighted by Crippen LogP contribution is 2.20. The van der Waals surface area contributed by atoms with E-state index < -0.39 is 9.84 Å². The summed E-state index contributed by atoms with van der Waals surface area (Å²) in [5.74, 6) is -0.0564. The fourth-order valence-corrected chi connectivity index (χ4v) is 4.43. The van der Waals surface area contributed by atoms with Crippen molar-refractivity contribution in [3.05, 3.63) is 35.9 Å². The van der Waals surface area contributed by atoms with E-state index in [1.807, 2.05) is 30.3 Å². The van der Waals surface area contributed by atoms with Gasteiger partial charge in [-0.05, 0) is 17.9 Å². The molecule has 1 aliphatic rings. The van der Waals surface area contributed by atoms with Crippen LogP contribution in [-0.4, -0.2) is 32.4 Å². The van der Waals surface area contributed by atoms with Crippen LogP contribution in [0.5, 0.6) is 0 Å². The van der Waals surface area contributed by atoms with Crippen molar-refractivity contribution in [2.75, 3.05) is 18.1 Å². The van der Waals surface area contributed by atoms with Gasteiger partial charge in [0.15, 0.2) is 9.84 Å². The molecule has 0 saturated carbocycles. The van der Waals surface area contributed by atoms with E-state index in [0.717, 1.165) is 5.56 Å². The molecule has 2 rings (SSSR count). The lowest BCUT2D eigenvalue weighted by Gasteiger charge is -2.20. The highest BCUT2D eigenvalue weighted by atomic mass is 32.2. The molecule has 3 atom stereocenters. The highest BCUT2D eigenvalue weighted by molar-refractivity contribution is 7.91. The molecule has 1 heterocycles. The minimum atomic E-state index is -2.90. The van der Waals surface area contributed by atoms with E-state index in [2.05, 4.69) is 5.32 Å². The normalized spacial score (nSPS) is 23.4. The lowest BCUT2D eigenvalue weighted by Crippen LogP contribution is -2.38. The smallest absolute Gasteiger partial charge is 0.224 e. The number of nitrogens with one attached hydrogen (secondary N) is 1. The summed E-state index contributed by atoms with van der Waals surface area (Å²) in [4.78, 5) is 12.1. The van der Waals surface area contributed by atoms with Crippen molar-refractivity contribution < 1.29 is 13.2 Å². The second-order valence-corrected chi connectivity index (χ2v) is 7.97. The quantitative estimate of drug-likeness (QED) is 0.844.